The van der Waals surface area contributed by atoms with E-state index in [1.807, 2.05) is 95.3 Å². The molecule has 0 radical (unpaired) electrons. The molecule has 1 aromatic heterocycles. The van der Waals surface area contributed by atoms with Gasteiger partial charge in [-0.15, -0.1) is 5.10 Å². The maximum absolute atomic E-state index is 14.2. The number of hydrogen-bond donors (Lipinski definition) is 1. The number of benzene rings is 3. The highest BCUT2D eigenvalue weighted by molar-refractivity contribution is 6.02. The first-order valence-corrected chi connectivity index (χ1v) is 12.2. The minimum atomic E-state index is -0.947. The molecule has 1 atom stereocenters. The Bertz CT molecular complexity index is 1440. The smallest absolute Gasteiger partial charge is 0.249 e. The van der Waals surface area contributed by atoms with Crippen LogP contribution < -0.4 is 15.0 Å². The molecule has 0 saturated heterocycles. The Morgan fingerprint density at radius 1 is 1.03 bits per heavy atom. The van der Waals surface area contributed by atoms with Gasteiger partial charge in [-0.2, -0.15) is 0 Å². The predicted molar refractivity (Wildman–Crippen MR) is 145 cm³/mol. The summed E-state index contributed by atoms with van der Waals surface area (Å²) in [7, 11) is 1.58. The van der Waals surface area contributed by atoms with Gasteiger partial charge in [0.2, 0.25) is 11.8 Å². The fourth-order valence-electron chi connectivity index (χ4n) is 4.32. The van der Waals surface area contributed by atoms with Crippen molar-refractivity contribution in [2.24, 2.45) is 0 Å². The molecule has 4 aromatic rings. The van der Waals surface area contributed by atoms with Gasteiger partial charge in [0.1, 0.15) is 23.9 Å². The second-order valence-corrected chi connectivity index (χ2v) is 10.1. The summed E-state index contributed by atoms with van der Waals surface area (Å²) in [5.41, 5.74) is 4.16. The fraction of sp³-hybridized carbons (Fsp3) is 0.310. The van der Waals surface area contributed by atoms with Crippen LogP contribution in [0.4, 0.5) is 5.69 Å². The Kier molecular flexibility index (Phi) is 7.29. The number of nitrogens with zero attached hydrogens (tertiary/aromatic N) is 4. The van der Waals surface area contributed by atoms with Crippen LogP contribution in [-0.4, -0.2) is 39.5 Å². The Morgan fingerprint density at radius 3 is 2.49 bits per heavy atom. The van der Waals surface area contributed by atoms with Gasteiger partial charge in [-0.25, -0.2) is 4.68 Å². The minimum absolute atomic E-state index is 0.0861. The van der Waals surface area contributed by atoms with Crippen LogP contribution in [0.3, 0.4) is 0 Å². The van der Waals surface area contributed by atoms with Crippen molar-refractivity contribution in [1.29, 1.82) is 0 Å². The minimum Gasteiger partial charge on any atom is -0.497 e. The van der Waals surface area contributed by atoms with E-state index in [4.69, 9.17) is 4.74 Å². The van der Waals surface area contributed by atoms with Gasteiger partial charge < -0.3 is 10.1 Å². The van der Waals surface area contributed by atoms with Crippen molar-refractivity contribution in [2.45, 2.75) is 52.7 Å². The fourth-order valence-corrected chi connectivity index (χ4v) is 4.32. The molecule has 192 valence electrons. The molecule has 37 heavy (non-hydrogen) atoms. The number of amides is 2. The average molecular weight is 500 g/mol. The summed E-state index contributed by atoms with van der Waals surface area (Å²) in [5.74, 6) is 0.0152. The molecule has 1 N–H and O–H groups in total. The molecular weight excluding hydrogens is 466 g/mol. The van der Waals surface area contributed by atoms with Crippen LogP contribution in [0, 0.1) is 13.8 Å². The lowest BCUT2D eigenvalue weighted by atomic mass is 9.98. The molecule has 1 heterocycles. The van der Waals surface area contributed by atoms with E-state index in [0.717, 1.165) is 16.6 Å². The van der Waals surface area contributed by atoms with Gasteiger partial charge in [0.05, 0.1) is 12.6 Å². The third-order valence-corrected chi connectivity index (χ3v) is 6.22. The monoisotopic (exact) mass is 499 g/mol. The molecule has 0 bridgehead atoms. The highest BCUT2D eigenvalue weighted by Gasteiger charge is 2.35. The van der Waals surface area contributed by atoms with Crippen molar-refractivity contribution >= 4 is 28.5 Å². The molecule has 0 aliphatic carbocycles. The molecule has 3 aromatic carbocycles. The molecular formula is C29H33N5O3. The predicted octanol–water partition coefficient (Wildman–Crippen LogP) is 4.75. The van der Waals surface area contributed by atoms with E-state index in [1.165, 1.54) is 0 Å². The largest absolute Gasteiger partial charge is 0.497 e. The zero-order valence-corrected chi connectivity index (χ0v) is 22.1. The topological polar surface area (TPSA) is 89.4 Å². The number of ether oxygens (including phenoxy) is 1. The van der Waals surface area contributed by atoms with Crippen molar-refractivity contribution in [1.82, 2.24) is 20.3 Å². The van der Waals surface area contributed by atoms with Gasteiger partial charge >= 0.3 is 0 Å². The number of para-hydroxylation sites is 1. The molecule has 0 aliphatic heterocycles. The van der Waals surface area contributed by atoms with E-state index in [2.05, 4.69) is 15.6 Å². The third-order valence-electron chi connectivity index (χ3n) is 6.22. The summed E-state index contributed by atoms with van der Waals surface area (Å²) in [6.45, 7) is 9.61. The Morgan fingerprint density at radius 2 is 1.76 bits per heavy atom. The lowest BCUT2D eigenvalue weighted by Gasteiger charge is -2.35. The summed E-state index contributed by atoms with van der Waals surface area (Å²) in [4.78, 5) is 29.7. The van der Waals surface area contributed by atoms with Crippen molar-refractivity contribution in [3.63, 3.8) is 0 Å². The summed E-state index contributed by atoms with van der Waals surface area (Å²) in [6.07, 6.45) is 0. The summed E-state index contributed by atoms with van der Waals surface area (Å²) in [5, 5.41) is 11.5. The summed E-state index contributed by atoms with van der Waals surface area (Å²) >= 11 is 0. The summed E-state index contributed by atoms with van der Waals surface area (Å²) < 4.78 is 7.02. The quantitative estimate of drug-likeness (QED) is 0.397. The molecule has 0 saturated carbocycles. The van der Waals surface area contributed by atoms with Crippen LogP contribution in [0.2, 0.25) is 0 Å². The van der Waals surface area contributed by atoms with E-state index in [-0.39, 0.29) is 18.4 Å². The van der Waals surface area contributed by atoms with Crippen LogP contribution in [0.5, 0.6) is 5.75 Å². The Labute approximate surface area is 217 Å². The van der Waals surface area contributed by atoms with Gasteiger partial charge in [0.15, 0.2) is 0 Å². The van der Waals surface area contributed by atoms with E-state index >= 15 is 0 Å². The second kappa shape index (κ2) is 10.4. The molecule has 1 unspecified atom stereocenters. The number of methoxy groups -OCH3 is 1. The highest BCUT2D eigenvalue weighted by atomic mass is 16.5. The van der Waals surface area contributed by atoms with E-state index < -0.39 is 11.6 Å². The van der Waals surface area contributed by atoms with Crippen molar-refractivity contribution in [3.8, 4) is 5.75 Å². The number of carbonyl (C=O) groups excluding carboxylic acids is 2. The lowest BCUT2D eigenvalue weighted by Crippen LogP contribution is -2.50. The number of aromatic nitrogens is 3. The number of anilines is 1. The number of rotatable bonds is 7. The second-order valence-electron chi connectivity index (χ2n) is 10.1. The van der Waals surface area contributed by atoms with E-state index in [0.29, 0.717) is 22.5 Å². The number of aryl methyl sites for hydroxylation is 1. The lowest BCUT2D eigenvalue weighted by molar-refractivity contribution is -0.128. The summed E-state index contributed by atoms with van der Waals surface area (Å²) in [6, 6.07) is 19.6. The first-order valence-electron chi connectivity index (χ1n) is 12.2. The van der Waals surface area contributed by atoms with Crippen molar-refractivity contribution in [2.75, 3.05) is 12.0 Å². The standard InChI is InChI=1S/C29H33N5O3/c1-19-11-9-16-24(20(19)2)34(26(35)18-33-25-15-8-7-14-23(25)31-32-33)27(28(36)30-29(3,4)5)21-12-10-13-22(17-21)37-6/h7-17,27H,18H2,1-6H3,(H,30,36). The van der Waals surface area contributed by atoms with Crippen molar-refractivity contribution < 1.29 is 14.3 Å². The molecule has 0 spiro atoms. The first-order chi connectivity index (χ1) is 17.6. The van der Waals surface area contributed by atoms with E-state index in [1.54, 1.807) is 22.8 Å². The number of carbonyl (C=O) groups is 2. The number of hydrogen-bond acceptors (Lipinski definition) is 5. The maximum atomic E-state index is 14.2. The van der Waals surface area contributed by atoms with Crippen LogP contribution in [0.25, 0.3) is 11.0 Å². The molecule has 8 heteroatoms. The zero-order valence-electron chi connectivity index (χ0n) is 22.1. The first kappa shape index (κ1) is 25.9. The third kappa shape index (κ3) is 5.63. The normalized spacial score (nSPS) is 12.3. The van der Waals surface area contributed by atoms with Gasteiger partial charge in [-0.3, -0.25) is 14.5 Å². The van der Waals surface area contributed by atoms with Crippen LogP contribution in [-0.2, 0) is 16.1 Å². The van der Waals surface area contributed by atoms with Gasteiger partial charge in [-0.1, -0.05) is 41.6 Å². The molecule has 0 aliphatic rings. The zero-order chi connectivity index (χ0) is 26.7. The van der Waals surface area contributed by atoms with Gasteiger partial charge in [0.25, 0.3) is 0 Å². The Balaban J connectivity index is 1.88. The molecule has 4 rings (SSSR count). The van der Waals surface area contributed by atoms with Crippen molar-refractivity contribution in [3.05, 3.63) is 83.4 Å². The highest BCUT2D eigenvalue weighted by Crippen LogP contribution is 2.34. The van der Waals surface area contributed by atoms with Crippen LogP contribution in [0.1, 0.15) is 43.5 Å². The number of nitrogens with one attached hydrogen (secondary N) is 1. The molecule has 8 nitrogen and oxygen atoms in total. The van der Waals surface area contributed by atoms with Crippen LogP contribution >= 0.6 is 0 Å². The molecule has 0 fully saturated rings. The van der Waals surface area contributed by atoms with Crippen LogP contribution in [0.15, 0.2) is 66.7 Å². The van der Waals surface area contributed by atoms with E-state index in [9.17, 15) is 9.59 Å². The number of fused-ring (bicyclic) bond motifs is 1. The maximum Gasteiger partial charge on any atom is 0.249 e. The Hall–Kier alpha value is -4.20. The average Bonchev–Trinajstić information content (AvgIpc) is 3.26. The molecule has 2 amide bonds. The SMILES string of the molecule is COc1cccc(C(C(=O)NC(C)(C)C)N(C(=O)Cn2nnc3ccccc32)c2cccc(C)c2C)c1. The van der Waals surface area contributed by atoms with Gasteiger partial charge in [-0.05, 0) is 81.6 Å². The van der Waals surface area contributed by atoms with Gasteiger partial charge in [0, 0.05) is 11.2 Å².